The molecule has 4 heteroatoms. The van der Waals surface area contributed by atoms with E-state index in [1.165, 1.54) is 6.42 Å². The van der Waals surface area contributed by atoms with E-state index in [-0.39, 0.29) is 11.4 Å². The summed E-state index contributed by atoms with van der Waals surface area (Å²) in [7, 11) is 0. The minimum absolute atomic E-state index is 0.0337. The van der Waals surface area contributed by atoms with Gasteiger partial charge < -0.3 is 15.4 Å². The van der Waals surface area contributed by atoms with E-state index in [4.69, 9.17) is 4.74 Å². The van der Waals surface area contributed by atoms with Gasteiger partial charge in [-0.05, 0) is 50.9 Å². The van der Waals surface area contributed by atoms with Gasteiger partial charge in [-0.25, -0.2) is 0 Å². The topological polar surface area (TPSA) is 50.4 Å². The molecule has 1 fully saturated rings. The largest absolute Gasteiger partial charge is 0.494 e. The molecule has 2 N–H and O–H groups in total. The van der Waals surface area contributed by atoms with Crippen molar-refractivity contribution in [2.75, 3.05) is 19.7 Å². The van der Waals surface area contributed by atoms with Crippen molar-refractivity contribution >= 4 is 5.91 Å². The van der Waals surface area contributed by atoms with E-state index >= 15 is 0 Å². The van der Waals surface area contributed by atoms with Gasteiger partial charge in [0.15, 0.2) is 0 Å². The Morgan fingerprint density at radius 3 is 3.05 bits per heavy atom. The number of carbonyl (C=O) groups is 1. The Balaban J connectivity index is 1.91. The summed E-state index contributed by atoms with van der Waals surface area (Å²) in [5.41, 5.74) is 0.687. The fourth-order valence-electron chi connectivity index (χ4n) is 2.43. The maximum Gasteiger partial charge on any atom is 0.251 e. The molecule has 1 aromatic carbocycles. The van der Waals surface area contributed by atoms with Crippen LogP contribution in [0.15, 0.2) is 24.3 Å². The van der Waals surface area contributed by atoms with Crippen LogP contribution in [0.4, 0.5) is 0 Å². The predicted molar refractivity (Wildman–Crippen MR) is 80.2 cm³/mol. The van der Waals surface area contributed by atoms with E-state index in [1.807, 2.05) is 18.2 Å². The second-order valence-electron chi connectivity index (χ2n) is 5.65. The number of benzene rings is 1. The molecule has 0 bridgehead atoms. The summed E-state index contributed by atoms with van der Waals surface area (Å²) in [6, 6.07) is 7.36. The molecule has 1 aliphatic rings. The summed E-state index contributed by atoms with van der Waals surface area (Å²) in [5.74, 6) is 0.714. The molecule has 110 valence electrons. The van der Waals surface area contributed by atoms with Crippen LogP contribution in [-0.4, -0.2) is 31.1 Å². The summed E-state index contributed by atoms with van der Waals surface area (Å²) in [4.78, 5) is 12.2. The van der Waals surface area contributed by atoms with E-state index in [0.717, 1.165) is 25.1 Å². The number of amides is 1. The molecule has 0 aromatic heterocycles. The number of hydrogen-bond donors (Lipinski definition) is 2. The first-order valence-electron chi connectivity index (χ1n) is 7.39. The van der Waals surface area contributed by atoms with Crippen LogP contribution in [0, 0.1) is 0 Å². The van der Waals surface area contributed by atoms with Gasteiger partial charge in [0, 0.05) is 17.6 Å². The molecule has 0 aliphatic carbocycles. The SMILES string of the molecule is CCCOc1cccc(C(=O)NCC2(C)CCCN2)c1. The van der Waals surface area contributed by atoms with Crippen molar-refractivity contribution in [2.45, 2.75) is 38.6 Å². The molecule has 1 aromatic rings. The van der Waals surface area contributed by atoms with Gasteiger partial charge in [0.2, 0.25) is 0 Å². The minimum Gasteiger partial charge on any atom is -0.494 e. The molecule has 0 radical (unpaired) electrons. The van der Waals surface area contributed by atoms with Crippen LogP contribution >= 0.6 is 0 Å². The molecule has 1 saturated heterocycles. The van der Waals surface area contributed by atoms with Gasteiger partial charge in [-0.3, -0.25) is 4.79 Å². The lowest BCUT2D eigenvalue weighted by Crippen LogP contribution is -2.47. The second-order valence-corrected chi connectivity index (χ2v) is 5.65. The van der Waals surface area contributed by atoms with Gasteiger partial charge in [0.05, 0.1) is 6.61 Å². The lowest BCUT2D eigenvalue weighted by atomic mass is 10.0. The highest BCUT2D eigenvalue weighted by molar-refractivity contribution is 5.94. The van der Waals surface area contributed by atoms with Gasteiger partial charge in [0.25, 0.3) is 5.91 Å². The third-order valence-electron chi connectivity index (χ3n) is 3.67. The van der Waals surface area contributed by atoms with E-state index < -0.39 is 0 Å². The lowest BCUT2D eigenvalue weighted by Gasteiger charge is -2.24. The Morgan fingerprint density at radius 2 is 2.35 bits per heavy atom. The van der Waals surface area contributed by atoms with Crippen LogP contribution in [-0.2, 0) is 0 Å². The quantitative estimate of drug-likeness (QED) is 0.838. The van der Waals surface area contributed by atoms with Crippen LogP contribution in [0.2, 0.25) is 0 Å². The maximum atomic E-state index is 12.2. The van der Waals surface area contributed by atoms with E-state index in [9.17, 15) is 4.79 Å². The third kappa shape index (κ3) is 3.97. The van der Waals surface area contributed by atoms with Crippen LogP contribution in [0.1, 0.15) is 43.5 Å². The fourth-order valence-corrected chi connectivity index (χ4v) is 2.43. The fraction of sp³-hybridized carbons (Fsp3) is 0.562. The van der Waals surface area contributed by atoms with Gasteiger partial charge in [-0.2, -0.15) is 0 Å². The minimum atomic E-state index is -0.0399. The first-order valence-corrected chi connectivity index (χ1v) is 7.39. The van der Waals surface area contributed by atoms with E-state index in [1.54, 1.807) is 6.07 Å². The lowest BCUT2D eigenvalue weighted by molar-refractivity contribution is 0.0942. The second kappa shape index (κ2) is 6.75. The zero-order chi connectivity index (χ0) is 14.4. The Morgan fingerprint density at radius 1 is 1.50 bits per heavy atom. The Kier molecular flexibility index (Phi) is 5.01. The third-order valence-corrected chi connectivity index (χ3v) is 3.67. The number of nitrogens with one attached hydrogen (secondary N) is 2. The van der Waals surface area contributed by atoms with Gasteiger partial charge >= 0.3 is 0 Å². The molecule has 1 atom stereocenters. The van der Waals surface area contributed by atoms with Crippen molar-refractivity contribution in [3.63, 3.8) is 0 Å². The molecule has 0 saturated carbocycles. The first-order chi connectivity index (χ1) is 9.63. The number of hydrogen-bond acceptors (Lipinski definition) is 3. The highest BCUT2D eigenvalue weighted by Crippen LogP contribution is 2.18. The Bertz CT molecular complexity index is 454. The molecule has 2 rings (SSSR count). The van der Waals surface area contributed by atoms with Crippen LogP contribution in [0.3, 0.4) is 0 Å². The van der Waals surface area contributed by atoms with Crippen LogP contribution in [0.25, 0.3) is 0 Å². The molecular formula is C16H24N2O2. The molecule has 1 unspecified atom stereocenters. The van der Waals surface area contributed by atoms with Crippen molar-refractivity contribution in [3.8, 4) is 5.75 Å². The van der Waals surface area contributed by atoms with E-state index in [0.29, 0.717) is 18.7 Å². The van der Waals surface area contributed by atoms with Gasteiger partial charge in [0.1, 0.15) is 5.75 Å². The van der Waals surface area contributed by atoms with E-state index in [2.05, 4.69) is 24.5 Å². The normalized spacial score (nSPS) is 21.7. The van der Waals surface area contributed by atoms with Crippen molar-refractivity contribution in [1.82, 2.24) is 10.6 Å². The van der Waals surface area contributed by atoms with Crippen LogP contribution < -0.4 is 15.4 Å². The highest BCUT2D eigenvalue weighted by Gasteiger charge is 2.28. The Labute approximate surface area is 120 Å². The summed E-state index contributed by atoms with van der Waals surface area (Å²) < 4.78 is 5.55. The average molecular weight is 276 g/mol. The van der Waals surface area contributed by atoms with Gasteiger partial charge in [-0.15, -0.1) is 0 Å². The highest BCUT2D eigenvalue weighted by atomic mass is 16.5. The zero-order valence-corrected chi connectivity index (χ0v) is 12.4. The molecule has 1 heterocycles. The average Bonchev–Trinajstić information content (AvgIpc) is 2.90. The molecule has 0 spiro atoms. The van der Waals surface area contributed by atoms with Crippen LogP contribution in [0.5, 0.6) is 5.75 Å². The predicted octanol–water partition coefficient (Wildman–Crippen LogP) is 2.35. The molecule has 20 heavy (non-hydrogen) atoms. The number of carbonyl (C=O) groups excluding carboxylic acids is 1. The standard InChI is InChI=1S/C16H24N2O2/c1-3-10-20-14-7-4-6-13(11-14)15(19)17-12-16(2)8-5-9-18-16/h4,6-7,11,18H,3,5,8-10,12H2,1-2H3,(H,17,19). The maximum absolute atomic E-state index is 12.2. The number of rotatable bonds is 6. The molecule has 1 amide bonds. The molecular weight excluding hydrogens is 252 g/mol. The smallest absolute Gasteiger partial charge is 0.251 e. The van der Waals surface area contributed by atoms with Crippen molar-refractivity contribution in [1.29, 1.82) is 0 Å². The monoisotopic (exact) mass is 276 g/mol. The summed E-state index contributed by atoms with van der Waals surface area (Å²) in [5, 5.41) is 6.45. The zero-order valence-electron chi connectivity index (χ0n) is 12.4. The molecule has 1 aliphatic heterocycles. The van der Waals surface area contributed by atoms with Crippen molar-refractivity contribution < 1.29 is 9.53 Å². The van der Waals surface area contributed by atoms with Gasteiger partial charge in [-0.1, -0.05) is 13.0 Å². The number of ether oxygens (including phenoxy) is 1. The summed E-state index contributed by atoms with van der Waals surface area (Å²) in [6.45, 7) is 6.58. The summed E-state index contributed by atoms with van der Waals surface area (Å²) in [6.07, 6.45) is 3.24. The molecule has 4 nitrogen and oxygen atoms in total. The first kappa shape index (κ1) is 14.9. The van der Waals surface area contributed by atoms with Crippen molar-refractivity contribution in [2.24, 2.45) is 0 Å². The summed E-state index contributed by atoms with van der Waals surface area (Å²) >= 11 is 0. The Hall–Kier alpha value is -1.55. The van der Waals surface area contributed by atoms with Crippen molar-refractivity contribution in [3.05, 3.63) is 29.8 Å².